The van der Waals surface area contributed by atoms with Crippen molar-refractivity contribution in [3.05, 3.63) is 71.0 Å². The largest absolute Gasteiger partial charge is 0.457 e. The third kappa shape index (κ3) is 2.94. The molecule has 0 aliphatic heterocycles. The van der Waals surface area contributed by atoms with Crippen molar-refractivity contribution in [3.63, 3.8) is 0 Å². The molecule has 0 aliphatic carbocycles. The third-order valence-corrected chi connectivity index (χ3v) is 2.62. The maximum absolute atomic E-state index is 13.3. The van der Waals surface area contributed by atoms with Gasteiger partial charge in [-0.3, -0.25) is 0 Å². The molecule has 0 bridgehead atoms. The van der Waals surface area contributed by atoms with Gasteiger partial charge in [0, 0.05) is 0 Å². The average Bonchev–Trinajstić information content (AvgIpc) is 2.40. The van der Waals surface area contributed by atoms with Gasteiger partial charge in [-0.15, -0.1) is 0 Å². The highest BCUT2D eigenvalue weighted by molar-refractivity contribution is 5.89. The van der Waals surface area contributed by atoms with Gasteiger partial charge in [0.15, 0.2) is 0 Å². The fourth-order valence-corrected chi connectivity index (χ4v) is 1.53. The van der Waals surface area contributed by atoms with Crippen LogP contribution < -0.4 is 0 Å². The van der Waals surface area contributed by atoms with Gasteiger partial charge in [0.05, 0.1) is 5.56 Å². The summed E-state index contributed by atoms with van der Waals surface area (Å²) in [6, 6.07) is 13.7. The summed E-state index contributed by atoms with van der Waals surface area (Å²) in [4.78, 5) is 11.7. The Morgan fingerprint density at radius 2 is 1.89 bits per heavy atom. The number of halogens is 1. The lowest BCUT2D eigenvalue weighted by atomic mass is 10.1. The van der Waals surface area contributed by atoms with Crippen LogP contribution in [0, 0.1) is 12.7 Å². The molecule has 0 saturated carbocycles. The minimum atomic E-state index is -0.516. The fourth-order valence-electron chi connectivity index (χ4n) is 1.53. The summed E-state index contributed by atoms with van der Waals surface area (Å²) in [6.45, 7) is 1.84. The zero-order chi connectivity index (χ0) is 13.0. The van der Waals surface area contributed by atoms with E-state index in [0.29, 0.717) is 5.56 Å². The number of ether oxygens (including phenoxy) is 1. The molecule has 0 spiro atoms. The monoisotopic (exact) mass is 244 g/mol. The molecule has 0 aliphatic rings. The van der Waals surface area contributed by atoms with Gasteiger partial charge in [-0.2, -0.15) is 0 Å². The summed E-state index contributed by atoms with van der Waals surface area (Å²) in [6.07, 6.45) is 0. The van der Waals surface area contributed by atoms with Gasteiger partial charge in [0.1, 0.15) is 12.4 Å². The molecule has 18 heavy (non-hydrogen) atoms. The highest BCUT2D eigenvalue weighted by atomic mass is 19.1. The molecule has 0 aromatic heterocycles. The standard InChI is InChI=1S/C15H13FO2/c1-11-7-8-13(9-14(11)16)15(17)18-10-12-5-3-2-4-6-12/h2-9H,10H2,1H3. The molecule has 0 heterocycles. The zero-order valence-corrected chi connectivity index (χ0v) is 10.0. The number of hydrogen-bond acceptors (Lipinski definition) is 2. The molecule has 3 heteroatoms. The summed E-state index contributed by atoms with van der Waals surface area (Å²) in [5, 5.41) is 0. The van der Waals surface area contributed by atoms with Crippen LogP contribution in [-0.4, -0.2) is 5.97 Å². The van der Waals surface area contributed by atoms with Crippen LogP contribution in [0.4, 0.5) is 4.39 Å². The van der Waals surface area contributed by atoms with Gasteiger partial charge in [0.25, 0.3) is 0 Å². The first kappa shape index (κ1) is 12.3. The van der Waals surface area contributed by atoms with Crippen LogP contribution in [-0.2, 0) is 11.3 Å². The van der Waals surface area contributed by atoms with E-state index >= 15 is 0 Å². The van der Waals surface area contributed by atoms with Crippen molar-refractivity contribution in [2.45, 2.75) is 13.5 Å². The SMILES string of the molecule is Cc1ccc(C(=O)OCc2ccccc2)cc1F. The topological polar surface area (TPSA) is 26.3 Å². The maximum Gasteiger partial charge on any atom is 0.338 e. The molecule has 2 rings (SSSR count). The van der Waals surface area contributed by atoms with E-state index in [9.17, 15) is 9.18 Å². The molecule has 2 nitrogen and oxygen atoms in total. The molecule has 2 aromatic carbocycles. The predicted octanol–water partition coefficient (Wildman–Crippen LogP) is 3.49. The second-order valence-electron chi connectivity index (χ2n) is 4.03. The number of carbonyl (C=O) groups is 1. The predicted molar refractivity (Wildman–Crippen MR) is 66.7 cm³/mol. The first-order valence-corrected chi connectivity index (χ1v) is 5.64. The van der Waals surface area contributed by atoms with Gasteiger partial charge >= 0.3 is 5.97 Å². The lowest BCUT2D eigenvalue weighted by Gasteiger charge is -2.05. The van der Waals surface area contributed by atoms with Gasteiger partial charge < -0.3 is 4.74 Å². The van der Waals surface area contributed by atoms with Gasteiger partial charge in [0.2, 0.25) is 0 Å². The summed E-state index contributed by atoms with van der Waals surface area (Å²) in [5.74, 6) is -0.915. The number of hydrogen-bond donors (Lipinski definition) is 0. The van der Waals surface area contributed by atoms with Crippen LogP contribution in [0.25, 0.3) is 0 Å². The second kappa shape index (κ2) is 5.45. The van der Waals surface area contributed by atoms with Gasteiger partial charge in [-0.05, 0) is 30.2 Å². The highest BCUT2D eigenvalue weighted by Gasteiger charge is 2.09. The Bertz CT molecular complexity index is 550. The van der Waals surface area contributed by atoms with E-state index in [1.165, 1.54) is 6.07 Å². The number of benzene rings is 2. The molecule has 0 amide bonds. The molecule has 0 fully saturated rings. The Labute approximate surface area is 105 Å². The molecule has 0 radical (unpaired) electrons. The van der Waals surface area contributed by atoms with Crippen molar-refractivity contribution in [1.82, 2.24) is 0 Å². The Kier molecular flexibility index (Phi) is 3.72. The van der Waals surface area contributed by atoms with E-state index in [-0.39, 0.29) is 12.2 Å². The Balaban J connectivity index is 2.02. The molecule has 0 saturated heterocycles. The normalized spacial score (nSPS) is 10.1. The van der Waals surface area contributed by atoms with E-state index in [4.69, 9.17) is 4.74 Å². The lowest BCUT2D eigenvalue weighted by molar-refractivity contribution is 0.0472. The molecular weight excluding hydrogens is 231 g/mol. The fraction of sp³-hybridized carbons (Fsp3) is 0.133. The smallest absolute Gasteiger partial charge is 0.338 e. The summed E-state index contributed by atoms with van der Waals surface area (Å²) in [5.41, 5.74) is 1.64. The molecule has 2 aromatic rings. The number of rotatable bonds is 3. The van der Waals surface area contributed by atoms with Crippen molar-refractivity contribution in [2.75, 3.05) is 0 Å². The van der Waals surface area contributed by atoms with Crippen molar-refractivity contribution in [1.29, 1.82) is 0 Å². The van der Waals surface area contributed by atoms with Crippen LogP contribution in [0.5, 0.6) is 0 Å². The maximum atomic E-state index is 13.3. The molecule has 0 N–H and O–H groups in total. The summed E-state index contributed by atoms with van der Waals surface area (Å²) < 4.78 is 18.4. The van der Waals surface area contributed by atoms with Crippen LogP contribution in [0.2, 0.25) is 0 Å². The quantitative estimate of drug-likeness (QED) is 0.772. The summed E-state index contributed by atoms with van der Waals surface area (Å²) in [7, 11) is 0. The van der Waals surface area contributed by atoms with E-state index in [1.54, 1.807) is 19.1 Å². The number of aryl methyl sites for hydroxylation is 1. The van der Waals surface area contributed by atoms with E-state index in [1.807, 2.05) is 30.3 Å². The Hall–Kier alpha value is -2.16. The van der Waals surface area contributed by atoms with Crippen LogP contribution in [0.3, 0.4) is 0 Å². The Morgan fingerprint density at radius 1 is 1.17 bits per heavy atom. The summed E-state index contributed by atoms with van der Waals surface area (Å²) >= 11 is 0. The van der Waals surface area contributed by atoms with Gasteiger partial charge in [-0.25, -0.2) is 9.18 Å². The minimum Gasteiger partial charge on any atom is -0.457 e. The molecule has 0 unspecified atom stereocenters. The molecule has 92 valence electrons. The Morgan fingerprint density at radius 3 is 2.56 bits per heavy atom. The van der Waals surface area contributed by atoms with Gasteiger partial charge in [-0.1, -0.05) is 36.4 Å². The molecular formula is C15H13FO2. The molecule has 0 atom stereocenters. The third-order valence-electron chi connectivity index (χ3n) is 2.62. The highest BCUT2D eigenvalue weighted by Crippen LogP contribution is 2.11. The van der Waals surface area contributed by atoms with Crippen molar-refractivity contribution < 1.29 is 13.9 Å². The average molecular weight is 244 g/mol. The van der Waals surface area contributed by atoms with Crippen molar-refractivity contribution in [3.8, 4) is 0 Å². The lowest BCUT2D eigenvalue weighted by Crippen LogP contribution is -2.05. The first-order valence-electron chi connectivity index (χ1n) is 5.64. The van der Waals surface area contributed by atoms with E-state index in [0.717, 1.165) is 5.56 Å². The number of carbonyl (C=O) groups excluding carboxylic acids is 1. The second-order valence-corrected chi connectivity index (χ2v) is 4.03. The van der Waals surface area contributed by atoms with E-state index in [2.05, 4.69) is 0 Å². The number of esters is 1. The van der Waals surface area contributed by atoms with Crippen LogP contribution >= 0.6 is 0 Å². The minimum absolute atomic E-state index is 0.190. The van der Waals surface area contributed by atoms with Crippen molar-refractivity contribution >= 4 is 5.97 Å². The van der Waals surface area contributed by atoms with Crippen molar-refractivity contribution in [2.24, 2.45) is 0 Å². The van der Waals surface area contributed by atoms with E-state index < -0.39 is 11.8 Å². The van der Waals surface area contributed by atoms with Crippen LogP contribution in [0.15, 0.2) is 48.5 Å². The first-order chi connectivity index (χ1) is 8.66. The zero-order valence-electron chi connectivity index (χ0n) is 10.0. The van der Waals surface area contributed by atoms with Crippen LogP contribution in [0.1, 0.15) is 21.5 Å².